The Kier molecular flexibility index (Phi) is 5.90. The van der Waals surface area contributed by atoms with Gasteiger partial charge in [0.1, 0.15) is 22.8 Å². The molecule has 0 unspecified atom stereocenters. The minimum absolute atomic E-state index is 0.515. The molecule has 0 aliphatic rings. The number of benzene rings is 1. The van der Waals surface area contributed by atoms with Gasteiger partial charge in [0.25, 0.3) is 0 Å². The molecule has 0 radical (unpaired) electrons. The average molecular weight is 304 g/mol. The van der Waals surface area contributed by atoms with Crippen molar-refractivity contribution in [3.8, 4) is 17.0 Å². The van der Waals surface area contributed by atoms with Gasteiger partial charge in [-0.1, -0.05) is 31.3 Å². The standard InChI is InChI=1S/C16H20N2O2S/c1-3-6-15-17-13(11-16(21)18-15)12-7-4-5-8-14(12)20-10-9-19-2/h4-5,7-8,11H,3,6,9-10H2,1-2H3,(H,17,18,21). The SMILES string of the molecule is CCCc1nc(=S)cc(-c2ccccc2OCCOC)[nH]1. The van der Waals surface area contributed by atoms with E-state index in [-0.39, 0.29) is 0 Å². The Morgan fingerprint density at radius 1 is 1.24 bits per heavy atom. The topological polar surface area (TPSA) is 47.1 Å². The number of nitrogens with one attached hydrogen (secondary N) is 1. The smallest absolute Gasteiger partial charge is 0.130 e. The van der Waals surface area contributed by atoms with E-state index in [1.165, 1.54) is 0 Å². The molecule has 112 valence electrons. The van der Waals surface area contributed by atoms with Crippen molar-refractivity contribution >= 4 is 12.2 Å². The molecule has 0 aliphatic heterocycles. The van der Waals surface area contributed by atoms with E-state index >= 15 is 0 Å². The molecule has 1 aromatic carbocycles. The van der Waals surface area contributed by atoms with Crippen molar-refractivity contribution in [1.82, 2.24) is 9.97 Å². The molecule has 2 rings (SSSR count). The summed E-state index contributed by atoms with van der Waals surface area (Å²) in [6.45, 7) is 3.19. The monoisotopic (exact) mass is 304 g/mol. The Labute approximate surface area is 130 Å². The van der Waals surface area contributed by atoms with Crippen LogP contribution in [0.2, 0.25) is 0 Å². The van der Waals surface area contributed by atoms with Crippen molar-refractivity contribution in [3.63, 3.8) is 0 Å². The first-order valence-electron chi connectivity index (χ1n) is 7.06. The Hall–Kier alpha value is -1.72. The molecule has 4 nitrogen and oxygen atoms in total. The van der Waals surface area contributed by atoms with Crippen molar-refractivity contribution < 1.29 is 9.47 Å². The van der Waals surface area contributed by atoms with Crippen molar-refractivity contribution in [2.24, 2.45) is 0 Å². The molecule has 2 aromatic rings. The first kappa shape index (κ1) is 15.7. The summed E-state index contributed by atoms with van der Waals surface area (Å²) in [5, 5.41) is 0. The van der Waals surface area contributed by atoms with E-state index in [4.69, 9.17) is 21.7 Å². The summed E-state index contributed by atoms with van der Waals surface area (Å²) < 4.78 is 11.4. The maximum atomic E-state index is 5.77. The molecular formula is C16H20N2O2S. The molecule has 0 bridgehead atoms. The van der Waals surface area contributed by atoms with Gasteiger partial charge in [0.05, 0.1) is 12.3 Å². The number of hydrogen-bond acceptors (Lipinski definition) is 4. The first-order chi connectivity index (χ1) is 10.2. The molecule has 1 N–H and O–H groups in total. The lowest BCUT2D eigenvalue weighted by Crippen LogP contribution is -2.05. The second kappa shape index (κ2) is 7.90. The van der Waals surface area contributed by atoms with Crippen LogP contribution in [0.3, 0.4) is 0 Å². The van der Waals surface area contributed by atoms with Gasteiger partial charge in [-0.25, -0.2) is 4.98 Å². The molecule has 5 heteroatoms. The number of hydrogen-bond donors (Lipinski definition) is 1. The molecule has 0 spiro atoms. The molecule has 0 aliphatic carbocycles. The number of para-hydroxylation sites is 1. The summed E-state index contributed by atoms with van der Waals surface area (Å²) in [6, 6.07) is 9.76. The highest BCUT2D eigenvalue weighted by Gasteiger charge is 2.08. The lowest BCUT2D eigenvalue weighted by molar-refractivity contribution is 0.146. The highest BCUT2D eigenvalue weighted by atomic mass is 32.1. The molecule has 0 saturated carbocycles. The molecule has 1 heterocycles. The van der Waals surface area contributed by atoms with Gasteiger partial charge in [-0.05, 0) is 24.6 Å². The second-order valence-corrected chi connectivity index (χ2v) is 5.09. The summed E-state index contributed by atoms with van der Waals surface area (Å²) in [4.78, 5) is 7.70. The largest absolute Gasteiger partial charge is 0.490 e. The van der Waals surface area contributed by atoms with E-state index in [0.29, 0.717) is 17.9 Å². The van der Waals surface area contributed by atoms with Gasteiger partial charge < -0.3 is 14.5 Å². The van der Waals surface area contributed by atoms with Crippen LogP contribution in [0.5, 0.6) is 5.75 Å². The first-order valence-corrected chi connectivity index (χ1v) is 7.46. The third kappa shape index (κ3) is 4.37. The van der Waals surface area contributed by atoms with Crippen LogP contribution < -0.4 is 4.74 Å². The van der Waals surface area contributed by atoms with Gasteiger partial charge >= 0.3 is 0 Å². The van der Waals surface area contributed by atoms with Gasteiger partial charge in [0, 0.05) is 19.1 Å². The highest BCUT2D eigenvalue weighted by Crippen LogP contribution is 2.28. The third-order valence-electron chi connectivity index (χ3n) is 3.00. The lowest BCUT2D eigenvalue weighted by atomic mass is 10.1. The summed E-state index contributed by atoms with van der Waals surface area (Å²) in [6.07, 6.45) is 1.90. The minimum Gasteiger partial charge on any atom is -0.490 e. The molecule has 0 fully saturated rings. The number of aromatic amines is 1. The Morgan fingerprint density at radius 3 is 2.81 bits per heavy atom. The van der Waals surface area contributed by atoms with Gasteiger partial charge in [-0.15, -0.1) is 0 Å². The number of nitrogens with zero attached hydrogens (tertiary/aromatic N) is 1. The minimum atomic E-state index is 0.515. The zero-order chi connectivity index (χ0) is 15.1. The van der Waals surface area contributed by atoms with Gasteiger partial charge in [0.2, 0.25) is 0 Å². The molecule has 0 saturated heterocycles. The van der Waals surface area contributed by atoms with Gasteiger partial charge in [0.15, 0.2) is 0 Å². The molecule has 21 heavy (non-hydrogen) atoms. The van der Waals surface area contributed by atoms with Crippen LogP contribution in [0.15, 0.2) is 30.3 Å². The van der Waals surface area contributed by atoms with Gasteiger partial charge in [-0.3, -0.25) is 0 Å². The predicted molar refractivity (Wildman–Crippen MR) is 86.2 cm³/mol. The summed E-state index contributed by atoms with van der Waals surface area (Å²) in [5.41, 5.74) is 1.92. The van der Waals surface area contributed by atoms with Crippen LogP contribution >= 0.6 is 12.2 Å². The summed E-state index contributed by atoms with van der Waals surface area (Å²) in [5.74, 6) is 1.72. The van der Waals surface area contributed by atoms with E-state index < -0.39 is 0 Å². The summed E-state index contributed by atoms with van der Waals surface area (Å²) in [7, 11) is 1.66. The summed E-state index contributed by atoms with van der Waals surface area (Å²) >= 11 is 5.26. The fraction of sp³-hybridized carbons (Fsp3) is 0.375. The molecule has 1 aromatic heterocycles. The van der Waals surface area contributed by atoms with Crippen molar-refractivity contribution in [3.05, 3.63) is 40.8 Å². The van der Waals surface area contributed by atoms with Crippen LogP contribution in [-0.4, -0.2) is 30.3 Å². The van der Waals surface area contributed by atoms with Crippen molar-refractivity contribution in [1.29, 1.82) is 0 Å². The number of rotatable bonds is 7. The van der Waals surface area contributed by atoms with E-state index in [0.717, 1.165) is 35.7 Å². The fourth-order valence-corrected chi connectivity index (χ4v) is 2.29. The second-order valence-electron chi connectivity index (χ2n) is 4.67. The molecule has 0 amide bonds. The third-order valence-corrected chi connectivity index (χ3v) is 3.21. The maximum Gasteiger partial charge on any atom is 0.130 e. The van der Waals surface area contributed by atoms with Crippen LogP contribution in [-0.2, 0) is 11.2 Å². The fourth-order valence-electron chi connectivity index (χ4n) is 2.06. The van der Waals surface area contributed by atoms with Crippen LogP contribution in [0.25, 0.3) is 11.3 Å². The number of methoxy groups -OCH3 is 1. The van der Waals surface area contributed by atoms with E-state index in [1.807, 2.05) is 30.3 Å². The Morgan fingerprint density at radius 2 is 2.05 bits per heavy atom. The van der Waals surface area contributed by atoms with Crippen LogP contribution in [0, 0.1) is 4.64 Å². The lowest BCUT2D eigenvalue weighted by Gasteiger charge is -2.12. The van der Waals surface area contributed by atoms with E-state index in [2.05, 4.69) is 16.9 Å². The zero-order valence-corrected chi connectivity index (χ0v) is 13.2. The highest BCUT2D eigenvalue weighted by molar-refractivity contribution is 7.71. The zero-order valence-electron chi connectivity index (χ0n) is 12.4. The Bertz CT molecular complexity index is 640. The van der Waals surface area contributed by atoms with E-state index in [1.54, 1.807) is 7.11 Å². The van der Waals surface area contributed by atoms with Crippen LogP contribution in [0.1, 0.15) is 19.2 Å². The van der Waals surface area contributed by atoms with Gasteiger partial charge in [-0.2, -0.15) is 0 Å². The van der Waals surface area contributed by atoms with Crippen molar-refractivity contribution in [2.45, 2.75) is 19.8 Å². The normalized spacial score (nSPS) is 10.6. The van der Waals surface area contributed by atoms with E-state index in [9.17, 15) is 0 Å². The van der Waals surface area contributed by atoms with Crippen molar-refractivity contribution in [2.75, 3.05) is 20.3 Å². The number of aromatic nitrogens is 2. The van der Waals surface area contributed by atoms with Crippen LogP contribution in [0.4, 0.5) is 0 Å². The Balaban J connectivity index is 2.34. The molecule has 0 atom stereocenters. The number of aryl methyl sites for hydroxylation is 1. The number of H-pyrrole nitrogens is 1. The quantitative estimate of drug-likeness (QED) is 0.624. The maximum absolute atomic E-state index is 5.77. The predicted octanol–water partition coefficient (Wildman–Crippen LogP) is 3.78. The number of ether oxygens (including phenoxy) is 2. The molecular weight excluding hydrogens is 284 g/mol. The average Bonchev–Trinajstić information content (AvgIpc) is 2.48.